The lowest BCUT2D eigenvalue weighted by molar-refractivity contribution is 0.0706. The Kier molecular flexibility index (Phi) is 4.58. The van der Waals surface area contributed by atoms with Gasteiger partial charge in [0.1, 0.15) is 5.76 Å². The molecule has 0 aliphatic carbocycles. The molecular weight excluding hydrogens is 360 g/mol. The van der Waals surface area contributed by atoms with Gasteiger partial charge in [-0.25, -0.2) is 0 Å². The summed E-state index contributed by atoms with van der Waals surface area (Å²) in [7, 11) is 0. The molecule has 1 aromatic carbocycles. The molecule has 3 aromatic rings. The van der Waals surface area contributed by atoms with Crippen molar-refractivity contribution < 1.29 is 14.0 Å². The zero-order chi connectivity index (χ0) is 19.0. The van der Waals surface area contributed by atoms with Crippen molar-refractivity contribution in [2.75, 3.05) is 6.54 Å². The maximum Gasteiger partial charge on any atom is 0.290 e. The number of hydrogen-bond acceptors (Lipinski definition) is 4. The molecule has 27 heavy (non-hydrogen) atoms. The van der Waals surface area contributed by atoms with Crippen LogP contribution in [0.5, 0.6) is 0 Å². The second-order valence-electron chi connectivity index (χ2n) is 6.76. The van der Waals surface area contributed by atoms with Gasteiger partial charge >= 0.3 is 0 Å². The largest absolute Gasteiger partial charge is 0.451 e. The summed E-state index contributed by atoms with van der Waals surface area (Å²) in [6.45, 7) is 2.70. The molecule has 1 unspecified atom stereocenters. The molecule has 0 radical (unpaired) electrons. The van der Waals surface area contributed by atoms with Gasteiger partial charge in [-0.3, -0.25) is 9.59 Å². The van der Waals surface area contributed by atoms with E-state index in [1.807, 2.05) is 48.2 Å². The van der Waals surface area contributed by atoms with Crippen LogP contribution in [0.4, 0.5) is 0 Å². The van der Waals surface area contributed by atoms with E-state index >= 15 is 0 Å². The van der Waals surface area contributed by atoms with Crippen LogP contribution in [0.3, 0.4) is 0 Å². The Labute approximate surface area is 161 Å². The third-order valence-corrected chi connectivity index (χ3v) is 6.03. The van der Waals surface area contributed by atoms with E-state index in [9.17, 15) is 9.59 Å². The van der Waals surface area contributed by atoms with Crippen molar-refractivity contribution in [3.05, 3.63) is 69.6 Å². The number of aryl methyl sites for hydroxylation is 1. The smallest absolute Gasteiger partial charge is 0.290 e. The van der Waals surface area contributed by atoms with E-state index in [0.717, 1.165) is 28.8 Å². The number of thiophene rings is 1. The van der Waals surface area contributed by atoms with Crippen LogP contribution >= 0.6 is 11.3 Å². The maximum absolute atomic E-state index is 13.0. The van der Waals surface area contributed by atoms with Gasteiger partial charge < -0.3 is 15.1 Å². The van der Waals surface area contributed by atoms with Crippen molar-refractivity contribution >= 4 is 23.2 Å². The quantitative estimate of drug-likeness (QED) is 0.729. The summed E-state index contributed by atoms with van der Waals surface area (Å²) in [4.78, 5) is 27.7. The molecule has 1 aliphatic heterocycles. The van der Waals surface area contributed by atoms with Gasteiger partial charge in [-0.15, -0.1) is 11.3 Å². The van der Waals surface area contributed by atoms with E-state index in [0.29, 0.717) is 22.9 Å². The number of rotatable bonds is 4. The number of carbonyl (C=O) groups is 2. The average Bonchev–Trinajstić information content (AvgIpc) is 3.40. The number of furan rings is 1. The first-order chi connectivity index (χ1) is 13.0. The standard InChI is InChI=1S/C21H20N2O3S/c1-13-4-2-5-14(12-13)16-7-8-17(26-16)21(25)23-11-3-6-15(23)18-9-10-19(27-18)20(22)24/h2,4-5,7-10,12,15H,3,6,11H2,1H3,(H2,22,24). The predicted molar refractivity (Wildman–Crippen MR) is 105 cm³/mol. The molecule has 0 bridgehead atoms. The predicted octanol–water partition coefficient (Wildman–Crippen LogP) is 4.39. The number of benzene rings is 1. The van der Waals surface area contributed by atoms with Crippen molar-refractivity contribution in [1.82, 2.24) is 4.90 Å². The molecule has 1 saturated heterocycles. The first kappa shape index (κ1) is 17.5. The van der Waals surface area contributed by atoms with E-state index < -0.39 is 5.91 Å². The highest BCUT2D eigenvalue weighted by atomic mass is 32.1. The van der Waals surface area contributed by atoms with Gasteiger partial charge in [0.15, 0.2) is 5.76 Å². The molecular formula is C21H20N2O3S. The first-order valence-electron chi connectivity index (χ1n) is 8.90. The number of nitrogens with zero attached hydrogens (tertiary/aromatic N) is 1. The molecule has 0 saturated carbocycles. The Morgan fingerprint density at radius 2 is 2.04 bits per heavy atom. The fourth-order valence-electron chi connectivity index (χ4n) is 3.52. The highest BCUT2D eigenvalue weighted by Crippen LogP contribution is 2.37. The minimum Gasteiger partial charge on any atom is -0.451 e. The molecule has 2 amide bonds. The highest BCUT2D eigenvalue weighted by Gasteiger charge is 2.33. The van der Waals surface area contributed by atoms with Crippen molar-refractivity contribution in [3.63, 3.8) is 0 Å². The van der Waals surface area contributed by atoms with E-state index in [1.54, 1.807) is 12.1 Å². The summed E-state index contributed by atoms with van der Waals surface area (Å²) in [5.41, 5.74) is 7.45. The molecule has 0 spiro atoms. The second kappa shape index (κ2) is 7.04. The Bertz CT molecular complexity index is 1000. The zero-order valence-corrected chi connectivity index (χ0v) is 15.8. The van der Waals surface area contributed by atoms with Crippen LogP contribution in [0, 0.1) is 6.92 Å². The number of amides is 2. The van der Waals surface area contributed by atoms with Gasteiger partial charge in [-0.1, -0.05) is 23.8 Å². The topological polar surface area (TPSA) is 76.5 Å². The Morgan fingerprint density at radius 1 is 1.19 bits per heavy atom. The summed E-state index contributed by atoms with van der Waals surface area (Å²) in [6.07, 6.45) is 1.79. The molecule has 1 fully saturated rings. The minimum absolute atomic E-state index is 0.0388. The molecule has 2 N–H and O–H groups in total. The van der Waals surface area contributed by atoms with Crippen LogP contribution in [0.25, 0.3) is 11.3 Å². The lowest BCUT2D eigenvalue weighted by Crippen LogP contribution is -2.29. The van der Waals surface area contributed by atoms with Crippen LogP contribution in [-0.2, 0) is 0 Å². The van der Waals surface area contributed by atoms with E-state index in [4.69, 9.17) is 10.2 Å². The summed E-state index contributed by atoms with van der Waals surface area (Å²) in [6, 6.07) is 15.1. The second-order valence-corrected chi connectivity index (χ2v) is 7.87. The molecule has 5 nitrogen and oxygen atoms in total. The number of likely N-dealkylation sites (tertiary alicyclic amines) is 1. The van der Waals surface area contributed by atoms with Crippen LogP contribution in [0.2, 0.25) is 0 Å². The molecule has 3 heterocycles. The van der Waals surface area contributed by atoms with Crippen molar-refractivity contribution in [1.29, 1.82) is 0 Å². The Hall–Kier alpha value is -2.86. The summed E-state index contributed by atoms with van der Waals surface area (Å²) < 4.78 is 5.86. The van der Waals surface area contributed by atoms with Gasteiger partial charge in [0.25, 0.3) is 11.8 Å². The summed E-state index contributed by atoms with van der Waals surface area (Å²) in [5.74, 6) is 0.469. The molecule has 1 atom stereocenters. The monoisotopic (exact) mass is 380 g/mol. The molecule has 1 aliphatic rings. The van der Waals surface area contributed by atoms with E-state index in [2.05, 4.69) is 0 Å². The molecule has 2 aromatic heterocycles. The summed E-state index contributed by atoms with van der Waals surface area (Å²) in [5, 5.41) is 0. The van der Waals surface area contributed by atoms with Crippen LogP contribution in [-0.4, -0.2) is 23.3 Å². The fourth-order valence-corrected chi connectivity index (χ4v) is 4.53. The highest BCUT2D eigenvalue weighted by molar-refractivity contribution is 7.14. The number of nitrogens with two attached hydrogens (primary N) is 1. The van der Waals surface area contributed by atoms with Gasteiger partial charge in [0.05, 0.1) is 10.9 Å². The third kappa shape index (κ3) is 3.40. The lowest BCUT2D eigenvalue weighted by Gasteiger charge is -2.22. The minimum atomic E-state index is -0.434. The molecule has 4 rings (SSSR count). The van der Waals surface area contributed by atoms with Crippen molar-refractivity contribution in [2.45, 2.75) is 25.8 Å². The molecule has 138 valence electrons. The SMILES string of the molecule is Cc1cccc(-c2ccc(C(=O)N3CCCC3c3ccc(C(N)=O)s3)o2)c1. The third-order valence-electron chi connectivity index (χ3n) is 4.83. The average molecular weight is 380 g/mol. The lowest BCUT2D eigenvalue weighted by atomic mass is 10.1. The summed E-state index contributed by atoms with van der Waals surface area (Å²) >= 11 is 1.36. The zero-order valence-electron chi connectivity index (χ0n) is 15.0. The number of carbonyl (C=O) groups excluding carboxylic acids is 2. The first-order valence-corrected chi connectivity index (χ1v) is 9.72. The van der Waals surface area contributed by atoms with Crippen LogP contribution < -0.4 is 5.73 Å². The Morgan fingerprint density at radius 3 is 2.78 bits per heavy atom. The Balaban J connectivity index is 1.57. The number of hydrogen-bond donors (Lipinski definition) is 1. The van der Waals surface area contributed by atoms with Gasteiger partial charge in [-0.2, -0.15) is 0 Å². The maximum atomic E-state index is 13.0. The van der Waals surface area contributed by atoms with Crippen LogP contribution in [0.15, 0.2) is 52.9 Å². The van der Waals surface area contributed by atoms with Crippen molar-refractivity contribution in [2.24, 2.45) is 5.73 Å². The fraction of sp³-hybridized carbons (Fsp3) is 0.238. The van der Waals surface area contributed by atoms with Crippen molar-refractivity contribution in [3.8, 4) is 11.3 Å². The van der Waals surface area contributed by atoms with E-state index in [1.165, 1.54) is 11.3 Å². The van der Waals surface area contributed by atoms with Gasteiger partial charge in [0.2, 0.25) is 0 Å². The van der Waals surface area contributed by atoms with Gasteiger partial charge in [-0.05, 0) is 50.1 Å². The van der Waals surface area contributed by atoms with Crippen LogP contribution in [0.1, 0.15) is 49.6 Å². The van der Waals surface area contributed by atoms with Gasteiger partial charge in [0, 0.05) is 17.0 Å². The normalized spacial score (nSPS) is 16.6. The molecule has 6 heteroatoms. The number of primary amides is 1. The van der Waals surface area contributed by atoms with E-state index in [-0.39, 0.29) is 11.9 Å².